The Morgan fingerprint density at radius 3 is 2.89 bits per heavy atom. The van der Waals surface area contributed by atoms with Crippen molar-refractivity contribution in [2.45, 2.75) is 26.7 Å². The van der Waals surface area contributed by atoms with Gasteiger partial charge in [0.1, 0.15) is 18.0 Å². The molecule has 0 spiro atoms. The number of morpholine rings is 1. The number of aryl methyl sites for hydroxylation is 1. The fourth-order valence-corrected chi connectivity index (χ4v) is 4.86. The van der Waals surface area contributed by atoms with Gasteiger partial charge in [-0.3, -0.25) is 9.69 Å². The lowest BCUT2D eigenvalue weighted by atomic mass is 10.0. The number of terminal acetylenes is 1. The summed E-state index contributed by atoms with van der Waals surface area (Å²) in [7, 11) is 0. The number of aromatic amines is 1. The summed E-state index contributed by atoms with van der Waals surface area (Å²) in [5.74, 6) is 3.47. The molecule has 1 saturated heterocycles. The predicted molar refractivity (Wildman–Crippen MR) is 142 cm³/mol. The number of anilines is 3. The van der Waals surface area contributed by atoms with E-state index in [0.717, 1.165) is 73.9 Å². The van der Waals surface area contributed by atoms with E-state index in [1.165, 1.54) is 11.9 Å². The number of H-pyrrole nitrogens is 1. The number of hydrogen-bond acceptors (Lipinski definition) is 6. The van der Waals surface area contributed by atoms with E-state index in [1.54, 1.807) is 0 Å². The van der Waals surface area contributed by atoms with Gasteiger partial charge in [-0.05, 0) is 68.6 Å². The molecule has 8 nitrogen and oxygen atoms in total. The quantitative estimate of drug-likeness (QED) is 0.349. The number of rotatable bonds is 7. The van der Waals surface area contributed by atoms with Crippen LogP contribution in [0.25, 0.3) is 11.6 Å². The first-order chi connectivity index (χ1) is 17.5. The van der Waals surface area contributed by atoms with Crippen LogP contribution in [0.5, 0.6) is 0 Å². The number of carbonyl (C=O) groups is 1. The van der Waals surface area contributed by atoms with Crippen molar-refractivity contribution in [2.24, 2.45) is 0 Å². The minimum Gasteiger partial charge on any atom is -0.379 e. The molecular weight excluding hydrogens is 452 g/mol. The molecule has 36 heavy (non-hydrogen) atoms. The molecule has 4 heterocycles. The number of amides is 1. The summed E-state index contributed by atoms with van der Waals surface area (Å²) in [6, 6.07) is 7.51. The second-order valence-corrected chi connectivity index (χ2v) is 9.13. The van der Waals surface area contributed by atoms with Crippen molar-refractivity contribution in [1.29, 1.82) is 0 Å². The van der Waals surface area contributed by atoms with Gasteiger partial charge in [0, 0.05) is 35.7 Å². The zero-order valence-corrected chi connectivity index (χ0v) is 20.6. The van der Waals surface area contributed by atoms with Crippen LogP contribution < -0.4 is 10.6 Å². The summed E-state index contributed by atoms with van der Waals surface area (Å²) in [6.45, 7) is 8.91. The maximum Gasteiger partial charge on any atom is 0.257 e. The summed E-state index contributed by atoms with van der Waals surface area (Å²) < 4.78 is 5.45. The van der Waals surface area contributed by atoms with E-state index >= 15 is 0 Å². The van der Waals surface area contributed by atoms with Gasteiger partial charge < -0.3 is 20.4 Å². The van der Waals surface area contributed by atoms with Crippen LogP contribution in [0.15, 0.2) is 30.6 Å². The van der Waals surface area contributed by atoms with Gasteiger partial charge in [0.25, 0.3) is 5.91 Å². The SMILES string of the molecule is C#Cc1cccc(Nc2ncnc3c2C(=Cc2[nH]c(C)c(CCCN4CCOCC4)c2C)C(=O)N3)c1. The Kier molecular flexibility index (Phi) is 6.85. The molecule has 0 radical (unpaired) electrons. The first-order valence-electron chi connectivity index (χ1n) is 12.2. The highest BCUT2D eigenvalue weighted by molar-refractivity contribution is 6.35. The monoisotopic (exact) mass is 482 g/mol. The normalized spacial score (nSPS) is 16.6. The Morgan fingerprint density at radius 1 is 1.25 bits per heavy atom. The number of aromatic nitrogens is 3. The largest absolute Gasteiger partial charge is 0.379 e. The smallest absolute Gasteiger partial charge is 0.257 e. The maximum atomic E-state index is 13.0. The molecule has 0 saturated carbocycles. The van der Waals surface area contributed by atoms with Crippen molar-refractivity contribution in [3.05, 3.63) is 64.2 Å². The molecular formula is C28H30N6O2. The highest BCUT2D eigenvalue weighted by Crippen LogP contribution is 2.37. The van der Waals surface area contributed by atoms with Crippen molar-refractivity contribution in [3.8, 4) is 12.3 Å². The fraction of sp³-hybridized carbons (Fsp3) is 0.321. The van der Waals surface area contributed by atoms with Crippen LogP contribution in [-0.4, -0.2) is 58.6 Å². The Hall–Kier alpha value is -3.93. The zero-order chi connectivity index (χ0) is 25.1. The Labute approximate surface area is 211 Å². The summed E-state index contributed by atoms with van der Waals surface area (Å²) in [6.07, 6.45) is 11.0. The van der Waals surface area contributed by atoms with Gasteiger partial charge >= 0.3 is 0 Å². The molecule has 0 unspecified atom stereocenters. The lowest BCUT2D eigenvalue weighted by molar-refractivity contribution is -0.110. The Morgan fingerprint density at radius 2 is 2.08 bits per heavy atom. The van der Waals surface area contributed by atoms with Gasteiger partial charge in [-0.15, -0.1) is 6.42 Å². The average molecular weight is 483 g/mol. The summed E-state index contributed by atoms with van der Waals surface area (Å²) >= 11 is 0. The molecule has 0 atom stereocenters. The fourth-order valence-electron chi connectivity index (χ4n) is 4.86. The molecule has 3 aromatic rings. The van der Waals surface area contributed by atoms with Gasteiger partial charge in [0.05, 0.1) is 24.4 Å². The van der Waals surface area contributed by atoms with Crippen LogP contribution in [0.1, 0.15) is 40.1 Å². The van der Waals surface area contributed by atoms with Crippen LogP contribution >= 0.6 is 0 Å². The lowest BCUT2D eigenvalue weighted by Crippen LogP contribution is -2.36. The van der Waals surface area contributed by atoms with Crippen molar-refractivity contribution < 1.29 is 9.53 Å². The Balaban J connectivity index is 1.40. The molecule has 3 N–H and O–H groups in total. The zero-order valence-electron chi connectivity index (χ0n) is 20.6. The second kappa shape index (κ2) is 10.4. The van der Waals surface area contributed by atoms with E-state index in [9.17, 15) is 4.79 Å². The molecule has 1 fully saturated rings. The first kappa shape index (κ1) is 23.8. The summed E-state index contributed by atoms with van der Waals surface area (Å²) in [4.78, 5) is 27.6. The van der Waals surface area contributed by atoms with Gasteiger partial charge in [0.2, 0.25) is 0 Å². The highest BCUT2D eigenvalue weighted by Gasteiger charge is 2.30. The van der Waals surface area contributed by atoms with Crippen LogP contribution in [0.4, 0.5) is 17.3 Å². The Bertz CT molecular complexity index is 1360. The standard InChI is InChI=1S/C28H30N6O2/c1-4-20-7-5-8-21(15-20)32-26-25-23(28(35)33-27(25)30-17-29-26)16-24-18(2)22(19(3)31-24)9-6-10-34-11-13-36-14-12-34/h1,5,7-8,15-17,31H,6,9-14H2,2-3H3,(H2,29,30,32,33,35). The second-order valence-electron chi connectivity index (χ2n) is 9.13. The summed E-state index contributed by atoms with van der Waals surface area (Å²) in [5, 5.41) is 6.17. The number of nitrogens with zero attached hydrogens (tertiary/aromatic N) is 3. The van der Waals surface area contributed by atoms with Gasteiger partial charge in [-0.1, -0.05) is 12.0 Å². The van der Waals surface area contributed by atoms with Crippen LogP contribution in [0, 0.1) is 26.2 Å². The number of nitrogens with one attached hydrogen (secondary N) is 3. The number of hydrogen-bond donors (Lipinski definition) is 3. The minimum atomic E-state index is -0.202. The third-order valence-corrected chi connectivity index (χ3v) is 6.81. The van der Waals surface area contributed by atoms with Crippen LogP contribution in [0.2, 0.25) is 0 Å². The van der Waals surface area contributed by atoms with Gasteiger partial charge in [0.15, 0.2) is 0 Å². The van der Waals surface area contributed by atoms with Crippen molar-refractivity contribution in [3.63, 3.8) is 0 Å². The van der Waals surface area contributed by atoms with E-state index in [-0.39, 0.29) is 5.91 Å². The van der Waals surface area contributed by atoms with Gasteiger partial charge in [-0.2, -0.15) is 0 Å². The molecule has 5 rings (SSSR count). The van der Waals surface area contributed by atoms with Crippen molar-refractivity contribution in [2.75, 3.05) is 43.5 Å². The van der Waals surface area contributed by atoms with E-state index in [1.807, 2.05) is 30.3 Å². The van der Waals surface area contributed by atoms with E-state index in [0.29, 0.717) is 22.8 Å². The highest BCUT2D eigenvalue weighted by atomic mass is 16.5. The first-order valence-corrected chi connectivity index (χ1v) is 12.2. The topological polar surface area (TPSA) is 95.2 Å². The molecule has 2 aliphatic rings. The van der Waals surface area contributed by atoms with E-state index < -0.39 is 0 Å². The number of fused-ring (bicyclic) bond motifs is 1. The van der Waals surface area contributed by atoms with Crippen molar-refractivity contribution in [1.82, 2.24) is 19.9 Å². The lowest BCUT2D eigenvalue weighted by Gasteiger charge is -2.26. The molecule has 1 aromatic carbocycles. The molecule has 2 aromatic heterocycles. The average Bonchev–Trinajstić information content (AvgIpc) is 3.35. The van der Waals surface area contributed by atoms with Crippen LogP contribution in [0.3, 0.4) is 0 Å². The minimum absolute atomic E-state index is 0.202. The van der Waals surface area contributed by atoms with Crippen molar-refractivity contribution >= 4 is 34.9 Å². The van der Waals surface area contributed by atoms with E-state index in [2.05, 4.69) is 50.3 Å². The number of carbonyl (C=O) groups excluding carboxylic acids is 1. The molecule has 0 bridgehead atoms. The number of benzene rings is 1. The maximum absolute atomic E-state index is 13.0. The van der Waals surface area contributed by atoms with E-state index in [4.69, 9.17) is 11.2 Å². The third-order valence-electron chi connectivity index (χ3n) is 6.81. The number of ether oxygens (including phenoxy) is 1. The molecule has 184 valence electrons. The van der Waals surface area contributed by atoms with Crippen LogP contribution in [-0.2, 0) is 16.0 Å². The predicted octanol–water partition coefficient (Wildman–Crippen LogP) is 3.90. The molecule has 2 aliphatic heterocycles. The summed E-state index contributed by atoms with van der Waals surface area (Å²) in [5.41, 5.74) is 7.25. The van der Waals surface area contributed by atoms with Gasteiger partial charge in [-0.25, -0.2) is 9.97 Å². The third kappa shape index (κ3) is 4.89. The molecule has 0 aliphatic carbocycles. The molecule has 1 amide bonds. The molecule has 8 heteroatoms.